The van der Waals surface area contributed by atoms with Gasteiger partial charge >= 0.3 is 0 Å². The number of benzene rings is 2. The van der Waals surface area contributed by atoms with E-state index in [1.54, 1.807) is 24.3 Å². The molecule has 3 rings (SSSR count). The van der Waals surface area contributed by atoms with Crippen LogP contribution in [0, 0.1) is 5.82 Å². The van der Waals surface area contributed by atoms with Gasteiger partial charge in [0.25, 0.3) is 6.43 Å². The molecule has 0 aromatic heterocycles. The lowest BCUT2D eigenvalue weighted by molar-refractivity contribution is 0.0272. The Kier molecular flexibility index (Phi) is 5.81. The lowest BCUT2D eigenvalue weighted by atomic mass is 10.1. The van der Waals surface area contributed by atoms with Gasteiger partial charge in [0.15, 0.2) is 0 Å². The Morgan fingerprint density at radius 2 is 1.96 bits per heavy atom. The lowest BCUT2D eigenvalue weighted by Gasteiger charge is -2.31. The largest absolute Gasteiger partial charge is 0.374 e. The first-order chi connectivity index (χ1) is 11.6. The number of hydrogen-bond acceptors (Lipinski definition) is 3. The van der Waals surface area contributed by atoms with Crippen LogP contribution in [0.25, 0.3) is 0 Å². The Hall–Kier alpha value is -1.50. The van der Waals surface area contributed by atoms with Crippen molar-refractivity contribution in [2.75, 3.05) is 19.7 Å². The fourth-order valence-corrected chi connectivity index (χ4v) is 4.06. The predicted molar refractivity (Wildman–Crippen MR) is 89.0 cm³/mol. The van der Waals surface area contributed by atoms with Crippen molar-refractivity contribution in [2.45, 2.75) is 22.7 Å². The van der Waals surface area contributed by atoms with Gasteiger partial charge in [-0.25, -0.2) is 13.2 Å². The van der Waals surface area contributed by atoms with Crippen molar-refractivity contribution in [1.82, 2.24) is 5.32 Å². The van der Waals surface area contributed by atoms with Crippen LogP contribution < -0.4 is 5.32 Å². The van der Waals surface area contributed by atoms with Gasteiger partial charge in [-0.05, 0) is 23.8 Å². The van der Waals surface area contributed by atoms with Gasteiger partial charge in [0.1, 0.15) is 5.82 Å². The minimum Gasteiger partial charge on any atom is -0.374 e. The predicted octanol–water partition coefficient (Wildman–Crippen LogP) is 4.59. The number of hydrogen-bond donors (Lipinski definition) is 1. The summed E-state index contributed by atoms with van der Waals surface area (Å²) in [7, 11) is 0. The second-order valence-corrected chi connectivity index (χ2v) is 6.73. The molecule has 24 heavy (non-hydrogen) atoms. The Morgan fingerprint density at radius 1 is 1.12 bits per heavy atom. The summed E-state index contributed by atoms with van der Waals surface area (Å²) in [5, 5.41) is 2.97. The summed E-state index contributed by atoms with van der Waals surface area (Å²) in [6.45, 7) is 1.91. The van der Waals surface area contributed by atoms with Gasteiger partial charge in [-0.3, -0.25) is 0 Å². The molecule has 0 saturated carbocycles. The minimum atomic E-state index is -2.55. The number of nitrogens with one attached hydrogen (secondary N) is 1. The molecule has 2 aromatic rings. The Morgan fingerprint density at radius 3 is 2.67 bits per heavy atom. The van der Waals surface area contributed by atoms with E-state index >= 15 is 0 Å². The first kappa shape index (κ1) is 17.3. The molecule has 0 radical (unpaired) electrons. The molecule has 2 aromatic carbocycles. The van der Waals surface area contributed by atoms with Crippen molar-refractivity contribution in [3.63, 3.8) is 0 Å². The van der Waals surface area contributed by atoms with E-state index in [4.69, 9.17) is 4.74 Å². The highest BCUT2D eigenvalue weighted by molar-refractivity contribution is 7.99. The summed E-state index contributed by atoms with van der Waals surface area (Å²) in [6.07, 6.45) is -2.76. The fourth-order valence-electron chi connectivity index (χ4n) is 2.73. The van der Waals surface area contributed by atoms with Crippen LogP contribution in [0.4, 0.5) is 13.2 Å². The van der Waals surface area contributed by atoms with Gasteiger partial charge in [0, 0.05) is 23.5 Å². The van der Waals surface area contributed by atoms with Crippen molar-refractivity contribution < 1.29 is 17.9 Å². The first-order valence-corrected chi connectivity index (χ1v) is 8.64. The molecule has 1 fully saturated rings. The summed E-state index contributed by atoms with van der Waals surface area (Å²) >= 11 is 1.30. The SMILES string of the molecule is Fc1cccc(C(Sc2ccccc2C(F)F)C2CNCCO2)c1. The smallest absolute Gasteiger partial charge is 0.264 e. The third-order valence-electron chi connectivity index (χ3n) is 3.88. The van der Waals surface area contributed by atoms with E-state index < -0.39 is 6.43 Å². The Bertz CT molecular complexity index is 677. The topological polar surface area (TPSA) is 21.3 Å². The zero-order chi connectivity index (χ0) is 16.9. The first-order valence-electron chi connectivity index (χ1n) is 7.76. The molecule has 0 amide bonds. The molecule has 6 heteroatoms. The summed E-state index contributed by atoms with van der Waals surface area (Å²) in [6, 6.07) is 12.7. The zero-order valence-electron chi connectivity index (χ0n) is 12.9. The molecule has 128 valence electrons. The normalized spacial score (nSPS) is 19.4. The third-order valence-corrected chi connectivity index (χ3v) is 5.33. The van der Waals surface area contributed by atoms with Crippen molar-refractivity contribution in [3.05, 3.63) is 65.5 Å². The van der Waals surface area contributed by atoms with Gasteiger partial charge < -0.3 is 10.1 Å². The maximum atomic E-state index is 13.7. The van der Waals surface area contributed by atoms with Crippen LogP contribution in [0.15, 0.2) is 53.4 Å². The van der Waals surface area contributed by atoms with Crippen LogP contribution in [0.3, 0.4) is 0 Å². The lowest BCUT2D eigenvalue weighted by Crippen LogP contribution is -2.41. The second-order valence-electron chi connectivity index (χ2n) is 5.55. The van der Waals surface area contributed by atoms with Crippen molar-refractivity contribution in [3.8, 4) is 0 Å². The molecule has 2 unspecified atom stereocenters. The van der Waals surface area contributed by atoms with Crippen molar-refractivity contribution in [2.24, 2.45) is 0 Å². The van der Waals surface area contributed by atoms with Gasteiger partial charge in [0.05, 0.1) is 18.0 Å². The highest BCUT2D eigenvalue weighted by Gasteiger charge is 2.28. The summed E-state index contributed by atoms with van der Waals surface area (Å²) in [5.74, 6) is -0.344. The molecule has 0 spiro atoms. The maximum Gasteiger partial charge on any atom is 0.264 e. The minimum absolute atomic E-state index is 0.00679. The molecular formula is C18H18F3NOS. The van der Waals surface area contributed by atoms with Gasteiger partial charge in [-0.15, -0.1) is 11.8 Å². The average Bonchev–Trinajstić information content (AvgIpc) is 2.60. The van der Waals surface area contributed by atoms with Gasteiger partial charge in [-0.1, -0.05) is 30.3 Å². The van der Waals surface area contributed by atoms with Crippen LogP contribution in [0.2, 0.25) is 0 Å². The quantitative estimate of drug-likeness (QED) is 0.795. The van der Waals surface area contributed by atoms with Crippen molar-refractivity contribution in [1.29, 1.82) is 0 Å². The second kappa shape index (κ2) is 8.05. The molecule has 2 nitrogen and oxygen atoms in total. The van der Waals surface area contributed by atoms with Gasteiger partial charge in [0.2, 0.25) is 0 Å². The molecule has 1 aliphatic rings. The fraction of sp³-hybridized carbons (Fsp3) is 0.333. The van der Waals surface area contributed by atoms with E-state index in [0.717, 1.165) is 12.1 Å². The zero-order valence-corrected chi connectivity index (χ0v) is 13.7. The Labute approximate surface area is 143 Å². The van der Waals surface area contributed by atoms with Crippen LogP contribution in [0.1, 0.15) is 22.8 Å². The highest BCUT2D eigenvalue weighted by atomic mass is 32.2. The summed E-state index contributed by atoms with van der Waals surface area (Å²) in [4.78, 5) is 0.496. The van der Waals surface area contributed by atoms with Crippen LogP contribution >= 0.6 is 11.8 Å². The number of thioether (sulfide) groups is 1. The maximum absolute atomic E-state index is 13.7. The summed E-state index contributed by atoms with van der Waals surface area (Å²) in [5.41, 5.74) is 0.727. The van der Waals surface area contributed by atoms with E-state index in [1.165, 1.54) is 30.0 Å². The number of halogens is 3. The highest BCUT2D eigenvalue weighted by Crippen LogP contribution is 2.42. The van der Waals surface area contributed by atoms with Crippen LogP contribution in [-0.4, -0.2) is 25.8 Å². The molecule has 1 N–H and O–H groups in total. The molecule has 1 aliphatic heterocycles. The monoisotopic (exact) mass is 353 g/mol. The van der Waals surface area contributed by atoms with E-state index in [2.05, 4.69) is 5.32 Å². The number of morpholine rings is 1. The van der Waals surface area contributed by atoms with Crippen molar-refractivity contribution >= 4 is 11.8 Å². The van der Waals surface area contributed by atoms with E-state index in [9.17, 15) is 13.2 Å². The third kappa shape index (κ3) is 4.12. The average molecular weight is 353 g/mol. The van der Waals surface area contributed by atoms with E-state index in [-0.39, 0.29) is 22.7 Å². The van der Waals surface area contributed by atoms with E-state index in [0.29, 0.717) is 18.0 Å². The summed E-state index contributed by atoms with van der Waals surface area (Å²) < 4.78 is 46.0. The van der Waals surface area contributed by atoms with Crippen LogP contribution in [0.5, 0.6) is 0 Å². The molecule has 1 saturated heterocycles. The number of ether oxygens (including phenoxy) is 1. The molecule has 0 bridgehead atoms. The Balaban J connectivity index is 1.93. The van der Waals surface area contributed by atoms with Gasteiger partial charge in [-0.2, -0.15) is 0 Å². The molecular weight excluding hydrogens is 335 g/mol. The standard InChI is InChI=1S/C18H18F3NOS/c19-13-5-3-4-12(10-13)17(15-11-22-8-9-23-15)24-16-7-2-1-6-14(16)18(20)21/h1-7,10,15,17-18,22H,8-9,11H2. The van der Waals surface area contributed by atoms with E-state index in [1.807, 2.05) is 6.07 Å². The number of alkyl halides is 2. The molecule has 0 aliphatic carbocycles. The van der Waals surface area contributed by atoms with Crippen LogP contribution in [-0.2, 0) is 4.74 Å². The molecule has 1 heterocycles. The molecule has 2 atom stereocenters. The number of rotatable bonds is 5.